The predicted octanol–water partition coefficient (Wildman–Crippen LogP) is 2.76. The van der Waals surface area contributed by atoms with Gasteiger partial charge in [-0.1, -0.05) is 19.1 Å². The summed E-state index contributed by atoms with van der Waals surface area (Å²) in [4.78, 5) is 2.27. The molecule has 1 aliphatic rings. The second kappa shape index (κ2) is 4.83. The molecule has 1 N–H and O–H groups in total. The Morgan fingerprint density at radius 2 is 2.06 bits per heavy atom. The van der Waals surface area contributed by atoms with Gasteiger partial charge in [-0.25, -0.2) is 4.39 Å². The van der Waals surface area contributed by atoms with Crippen LogP contribution in [0.4, 0.5) is 4.39 Å². The number of likely N-dealkylation sites (tertiary alicyclic amines) is 1. The highest BCUT2D eigenvalue weighted by atomic mass is 19.1. The molecule has 0 bridgehead atoms. The average Bonchev–Trinajstić information content (AvgIpc) is 2.28. The van der Waals surface area contributed by atoms with Crippen molar-refractivity contribution in [3.8, 4) is 5.75 Å². The molecule has 0 radical (unpaired) electrons. The molecule has 1 aromatic rings. The lowest BCUT2D eigenvalue weighted by molar-refractivity contribution is 0.183. The lowest BCUT2D eigenvalue weighted by atomic mass is 9.99. The first-order valence-corrected chi connectivity index (χ1v) is 5.85. The van der Waals surface area contributed by atoms with Crippen molar-refractivity contribution in [2.75, 3.05) is 13.1 Å². The van der Waals surface area contributed by atoms with E-state index in [1.807, 2.05) is 0 Å². The van der Waals surface area contributed by atoms with Crippen molar-refractivity contribution >= 4 is 0 Å². The van der Waals surface area contributed by atoms with Crippen molar-refractivity contribution in [1.82, 2.24) is 4.90 Å². The number of phenols is 1. The second-order valence-electron chi connectivity index (χ2n) is 4.71. The van der Waals surface area contributed by atoms with Crippen LogP contribution in [0.15, 0.2) is 18.2 Å². The van der Waals surface area contributed by atoms with Crippen molar-refractivity contribution in [2.45, 2.75) is 26.3 Å². The van der Waals surface area contributed by atoms with Crippen LogP contribution in [0.2, 0.25) is 0 Å². The molecule has 0 spiro atoms. The molecule has 0 amide bonds. The first-order chi connectivity index (χ1) is 7.66. The highest BCUT2D eigenvalue weighted by Crippen LogP contribution is 2.24. The van der Waals surface area contributed by atoms with Crippen molar-refractivity contribution in [3.05, 3.63) is 29.6 Å². The fourth-order valence-electron chi connectivity index (χ4n) is 2.15. The number of piperidine rings is 1. The van der Waals surface area contributed by atoms with Gasteiger partial charge in [0.2, 0.25) is 0 Å². The smallest absolute Gasteiger partial charge is 0.165 e. The number of halogens is 1. The SMILES string of the molecule is CC1CCN(Cc2cccc(F)c2O)CC1. The van der Waals surface area contributed by atoms with Gasteiger partial charge in [-0.05, 0) is 37.9 Å². The van der Waals surface area contributed by atoms with Crippen LogP contribution in [0.25, 0.3) is 0 Å². The lowest BCUT2D eigenvalue weighted by Gasteiger charge is -2.30. The number of hydrogen-bond donors (Lipinski definition) is 1. The summed E-state index contributed by atoms with van der Waals surface area (Å²) < 4.78 is 13.1. The van der Waals surface area contributed by atoms with Crippen LogP contribution in [-0.4, -0.2) is 23.1 Å². The van der Waals surface area contributed by atoms with Gasteiger partial charge in [-0.3, -0.25) is 4.90 Å². The molecule has 3 heteroatoms. The fraction of sp³-hybridized carbons (Fsp3) is 0.538. The zero-order valence-corrected chi connectivity index (χ0v) is 9.62. The van der Waals surface area contributed by atoms with Crippen molar-refractivity contribution in [2.24, 2.45) is 5.92 Å². The van der Waals surface area contributed by atoms with Gasteiger partial charge in [-0.2, -0.15) is 0 Å². The quantitative estimate of drug-likeness (QED) is 0.833. The molecule has 0 aromatic heterocycles. The standard InChI is InChI=1S/C13H18FNO/c1-10-5-7-15(8-6-10)9-11-3-2-4-12(14)13(11)16/h2-4,10,16H,5-9H2,1H3. The molecule has 1 saturated heterocycles. The number of aromatic hydroxyl groups is 1. The molecular formula is C13H18FNO. The zero-order chi connectivity index (χ0) is 11.5. The Morgan fingerprint density at radius 1 is 1.38 bits per heavy atom. The van der Waals surface area contributed by atoms with E-state index in [9.17, 15) is 9.50 Å². The topological polar surface area (TPSA) is 23.5 Å². The van der Waals surface area contributed by atoms with Gasteiger partial charge >= 0.3 is 0 Å². The van der Waals surface area contributed by atoms with E-state index in [0.717, 1.165) is 19.0 Å². The number of hydrogen-bond acceptors (Lipinski definition) is 2. The van der Waals surface area contributed by atoms with E-state index >= 15 is 0 Å². The maximum atomic E-state index is 13.1. The van der Waals surface area contributed by atoms with E-state index in [-0.39, 0.29) is 5.75 Å². The highest BCUT2D eigenvalue weighted by molar-refractivity contribution is 5.33. The minimum absolute atomic E-state index is 0.193. The first-order valence-electron chi connectivity index (χ1n) is 5.85. The summed E-state index contributed by atoms with van der Waals surface area (Å²) in [5.41, 5.74) is 0.689. The zero-order valence-electron chi connectivity index (χ0n) is 9.62. The Morgan fingerprint density at radius 3 is 2.75 bits per heavy atom. The first kappa shape index (κ1) is 11.4. The van der Waals surface area contributed by atoms with E-state index in [0.29, 0.717) is 12.1 Å². The minimum atomic E-state index is -0.525. The molecule has 0 saturated carbocycles. The Bertz CT molecular complexity index is 359. The van der Waals surface area contributed by atoms with Gasteiger partial charge in [0.05, 0.1) is 0 Å². The van der Waals surface area contributed by atoms with Crippen LogP contribution in [0.1, 0.15) is 25.3 Å². The number of para-hydroxylation sites is 1. The molecule has 1 aromatic carbocycles. The summed E-state index contributed by atoms with van der Waals surface area (Å²) in [6.07, 6.45) is 2.38. The van der Waals surface area contributed by atoms with Gasteiger partial charge in [0.1, 0.15) is 0 Å². The summed E-state index contributed by atoms with van der Waals surface area (Å²) in [6.45, 7) is 4.99. The Balaban J connectivity index is 2.01. The van der Waals surface area contributed by atoms with Crippen LogP contribution in [0.5, 0.6) is 5.75 Å². The predicted molar refractivity (Wildman–Crippen MR) is 61.7 cm³/mol. The summed E-state index contributed by atoms with van der Waals surface area (Å²) in [5.74, 6) is 0.0707. The third-order valence-corrected chi connectivity index (χ3v) is 3.34. The van der Waals surface area contributed by atoms with Crippen LogP contribution in [-0.2, 0) is 6.54 Å². The van der Waals surface area contributed by atoms with Gasteiger partial charge in [-0.15, -0.1) is 0 Å². The summed E-state index contributed by atoms with van der Waals surface area (Å²) >= 11 is 0. The maximum Gasteiger partial charge on any atom is 0.165 e. The monoisotopic (exact) mass is 223 g/mol. The van der Waals surface area contributed by atoms with Gasteiger partial charge in [0, 0.05) is 12.1 Å². The molecule has 88 valence electrons. The van der Waals surface area contributed by atoms with Gasteiger partial charge in [0.15, 0.2) is 11.6 Å². The van der Waals surface area contributed by atoms with E-state index in [4.69, 9.17) is 0 Å². The van der Waals surface area contributed by atoms with Crippen LogP contribution >= 0.6 is 0 Å². The highest BCUT2D eigenvalue weighted by Gasteiger charge is 2.17. The summed E-state index contributed by atoms with van der Waals surface area (Å²) in [6, 6.07) is 4.73. The Hall–Kier alpha value is -1.09. The third kappa shape index (κ3) is 2.53. The molecule has 0 aliphatic carbocycles. The third-order valence-electron chi connectivity index (χ3n) is 3.34. The molecule has 1 heterocycles. The van der Waals surface area contributed by atoms with Crippen LogP contribution < -0.4 is 0 Å². The fourth-order valence-corrected chi connectivity index (χ4v) is 2.15. The normalized spacial score (nSPS) is 18.9. The van der Waals surface area contributed by atoms with Crippen molar-refractivity contribution in [3.63, 3.8) is 0 Å². The molecule has 2 nitrogen and oxygen atoms in total. The average molecular weight is 223 g/mol. The molecule has 1 fully saturated rings. The number of rotatable bonds is 2. The number of phenolic OH excluding ortho intramolecular Hbond substituents is 1. The van der Waals surface area contributed by atoms with E-state index < -0.39 is 5.82 Å². The Labute approximate surface area is 95.7 Å². The van der Waals surface area contributed by atoms with Crippen LogP contribution in [0.3, 0.4) is 0 Å². The van der Waals surface area contributed by atoms with E-state index in [1.54, 1.807) is 12.1 Å². The largest absolute Gasteiger partial charge is 0.505 e. The molecule has 1 aliphatic heterocycles. The lowest BCUT2D eigenvalue weighted by Crippen LogP contribution is -2.32. The van der Waals surface area contributed by atoms with E-state index in [1.165, 1.54) is 18.9 Å². The number of nitrogens with zero attached hydrogens (tertiary/aromatic N) is 1. The van der Waals surface area contributed by atoms with Gasteiger partial charge in [0.25, 0.3) is 0 Å². The minimum Gasteiger partial charge on any atom is -0.505 e. The number of benzene rings is 1. The molecule has 0 atom stereocenters. The molecule has 16 heavy (non-hydrogen) atoms. The maximum absolute atomic E-state index is 13.1. The van der Waals surface area contributed by atoms with Crippen LogP contribution in [0, 0.1) is 11.7 Å². The molecule has 2 rings (SSSR count). The Kier molecular flexibility index (Phi) is 3.44. The van der Waals surface area contributed by atoms with Crippen molar-refractivity contribution < 1.29 is 9.50 Å². The second-order valence-corrected chi connectivity index (χ2v) is 4.71. The van der Waals surface area contributed by atoms with Gasteiger partial charge < -0.3 is 5.11 Å². The molecular weight excluding hydrogens is 205 g/mol. The van der Waals surface area contributed by atoms with E-state index in [2.05, 4.69) is 11.8 Å². The van der Waals surface area contributed by atoms with Crippen molar-refractivity contribution in [1.29, 1.82) is 0 Å². The summed E-state index contributed by atoms with van der Waals surface area (Å²) in [5, 5.41) is 9.58. The molecule has 0 unspecified atom stereocenters. The summed E-state index contributed by atoms with van der Waals surface area (Å²) in [7, 11) is 0.